The highest BCUT2D eigenvalue weighted by atomic mass is 35.5. The third-order valence-electron chi connectivity index (χ3n) is 4.72. The van der Waals surface area contributed by atoms with Crippen LogP contribution in [0.15, 0.2) is 72.8 Å². The Kier molecular flexibility index (Phi) is 8.43. The number of carbonyl (C=O) groups excluding carboxylic acids is 3. The lowest BCUT2D eigenvalue weighted by Gasteiger charge is -2.11. The number of benzene rings is 3. The number of nitrogens with one attached hydrogen (secondary N) is 1. The van der Waals surface area contributed by atoms with Gasteiger partial charge in [0, 0.05) is 33.9 Å². The molecule has 0 aromatic heterocycles. The minimum atomic E-state index is -0.718. The number of carbonyl (C=O) groups is 3. The molecule has 1 N–H and O–H groups in total. The van der Waals surface area contributed by atoms with Crippen LogP contribution >= 0.6 is 11.6 Å². The van der Waals surface area contributed by atoms with Gasteiger partial charge in [0.15, 0.2) is 12.4 Å². The summed E-state index contributed by atoms with van der Waals surface area (Å²) in [6, 6.07) is 18.3. The molecule has 0 bridgehead atoms. The first-order chi connectivity index (χ1) is 16.4. The summed E-state index contributed by atoms with van der Waals surface area (Å²) < 4.78 is 15.4. The molecule has 7 nitrogen and oxygen atoms in total. The molecule has 0 spiro atoms. The third kappa shape index (κ3) is 6.46. The smallest absolute Gasteiger partial charge is 0.331 e. The van der Waals surface area contributed by atoms with Crippen LogP contribution in [0, 0.1) is 0 Å². The molecule has 1 amide bonds. The monoisotopic (exact) mass is 479 g/mol. The largest absolute Gasteiger partial charge is 0.497 e. The summed E-state index contributed by atoms with van der Waals surface area (Å²) in [7, 11) is 3.04. The highest BCUT2D eigenvalue weighted by molar-refractivity contribution is 6.31. The fraction of sp³-hybridized carbons (Fsp3) is 0.115. The summed E-state index contributed by atoms with van der Waals surface area (Å²) in [5, 5.41) is 2.94. The van der Waals surface area contributed by atoms with Crippen molar-refractivity contribution < 1.29 is 28.6 Å². The van der Waals surface area contributed by atoms with Crippen LogP contribution in [-0.4, -0.2) is 38.5 Å². The predicted octanol–water partition coefficient (Wildman–Crippen LogP) is 4.78. The van der Waals surface area contributed by atoms with E-state index in [1.165, 1.54) is 38.5 Å². The van der Waals surface area contributed by atoms with Crippen LogP contribution in [0.2, 0.25) is 5.02 Å². The molecule has 0 aliphatic rings. The number of anilines is 1. The number of ketones is 1. The van der Waals surface area contributed by atoms with Crippen molar-refractivity contribution in [1.82, 2.24) is 0 Å². The van der Waals surface area contributed by atoms with E-state index in [1.807, 2.05) is 0 Å². The van der Waals surface area contributed by atoms with Crippen molar-refractivity contribution in [3.8, 4) is 11.5 Å². The number of halogens is 1. The van der Waals surface area contributed by atoms with Gasteiger partial charge in [-0.25, -0.2) is 4.79 Å². The summed E-state index contributed by atoms with van der Waals surface area (Å²) in [6.45, 7) is -0.537. The number of methoxy groups -OCH3 is 2. The van der Waals surface area contributed by atoms with Gasteiger partial charge >= 0.3 is 5.97 Å². The van der Waals surface area contributed by atoms with Gasteiger partial charge in [-0.1, -0.05) is 41.9 Å². The van der Waals surface area contributed by atoms with Crippen molar-refractivity contribution in [3.05, 3.63) is 94.5 Å². The van der Waals surface area contributed by atoms with Gasteiger partial charge in [-0.2, -0.15) is 0 Å². The number of hydrogen-bond acceptors (Lipinski definition) is 6. The minimum Gasteiger partial charge on any atom is -0.497 e. The SMILES string of the molecule is COc1ccc(/C=C/C(=O)OCC(=O)Nc2ccc(Cl)cc2C(=O)c2ccccc2)c(OC)c1. The minimum absolute atomic E-state index is 0.227. The van der Waals surface area contributed by atoms with Crippen LogP contribution < -0.4 is 14.8 Å². The summed E-state index contributed by atoms with van der Waals surface area (Å²) in [5.74, 6) is -0.496. The van der Waals surface area contributed by atoms with E-state index in [4.69, 9.17) is 25.8 Å². The summed E-state index contributed by atoms with van der Waals surface area (Å²) in [4.78, 5) is 37.3. The van der Waals surface area contributed by atoms with Crippen LogP contribution in [0.3, 0.4) is 0 Å². The Bertz CT molecular complexity index is 1220. The lowest BCUT2D eigenvalue weighted by Crippen LogP contribution is -2.21. The van der Waals surface area contributed by atoms with Crippen molar-refractivity contribution in [1.29, 1.82) is 0 Å². The topological polar surface area (TPSA) is 90.9 Å². The predicted molar refractivity (Wildman–Crippen MR) is 129 cm³/mol. The van der Waals surface area contributed by atoms with E-state index in [1.54, 1.807) is 54.6 Å². The molecule has 0 aliphatic carbocycles. The van der Waals surface area contributed by atoms with Crippen LogP contribution in [0.25, 0.3) is 6.08 Å². The Morgan fingerprint density at radius 2 is 1.71 bits per heavy atom. The first kappa shape index (κ1) is 24.5. The molecule has 0 aliphatic heterocycles. The van der Waals surface area contributed by atoms with Crippen LogP contribution in [0.4, 0.5) is 5.69 Å². The van der Waals surface area contributed by atoms with E-state index in [0.717, 1.165) is 0 Å². The molecule has 0 saturated heterocycles. The molecular weight excluding hydrogens is 458 g/mol. The van der Waals surface area contributed by atoms with Crippen molar-refractivity contribution in [2.24, 2.45) is 0 Å². The Hall–Kier alpha value is -4.10. The molecule has 0 atom stereocenters. The van der Waals surface area contributed by atoms with Crippen LogP contribution in [0.1, 0.15) is 21.5 Å². The Labute approximate surface area is 201 Å². The zero-order chi connectivity index (χ0) is 24.5. The lowest BCUT2D eigenvalue weighted by atomic mass is 10.0. The van der Waals surface area contributed by atoms with E-state index < -0.39 is 18.5 Å². The molecule has 0 heterocycles. The molecule has 8 heteroatoms. The normalized spacial score (nSPS) is 10.6. The number of esters is 1. The molecule has 3 aromatic carbocycles. The zero-order valence-corrected chi connectivity index (χ0v) is 19.3. The number of ether oxygens (including phenoxy) is 3. The second-order valence-corrected chi connectivity index (χ2v) is 7.42. The van der Waals surface area contributed by atoms with Crippen LogP contribution in [-0.2, 0) is 14.3 Å². The quantitative estimate of drug-likeness (QED) is 0.270. The van der Waals surface area contributed by atoms with Gasteiger partial charge in [-0.15, -0.1) is 0 Å². The molecule has 0 saturated carbocycles. The van der Waals surface area contributed by atoms with E-state index >= 15 is 0 Å². The summed E-state index contributed by atoms with van der Waals surface area (Å²) >= 11 is 6.05. The molecule has 3 rings (SSSR count). The first-order valence-corrected chi connectivity index (χ1v) is 10.5. The molecule has 0 fully saturated rings. The van der Waals surface area contributed by atoms with E-state index in [9.17, 15) is 14.4 Å². The van der Waals surface area contributed by atoms with Crippen molar-refractivity contribution >= 4 is 41.0 Å². The number of amides is 1. The number of hydrogen-bond donors (Lipinski definition) is 1. The standard InChI is InChI=1S/C26H22ClNO6/c1-32-20-11-8-17(23(15-20)33-2)9-13-25(30)34-16-24(29)28-22-12-10-19(27)14-21(22)26(31)18-6-4-3-5-7-18/h3-15H,16H2,1-2H3,(H,28,29)/b13-9+. The Morgan fingerprint density at radius 3 is 2.41 bits per heavy atom. The van der Waals surface area contributed by atoms with Gasteiger partial charge in [0.05, 0.1) is 19.9 Å². The van der Waals surface area contributed by atoms with Gasteiger partial charge in [-0.3, -0.25) is 9.59 Å². The molecule has 174 valence electrons. The maximum absolute atomic E-state index is 12.9. The van der Waals surface area contributed by atoms with Crippen LogP contribution in [0.5, 0.6) is 11.5 Å². The van der Waals surface area contributed by atoms with Gasteiger partial charge in [0.1, 0.15) is 11.5 Å². The second kappa shape index (κ2) is 11.7. The summed E-state index contributed by atoms with van der Waals surface area (Å²) in [5.41, 5.74) is 1.57. The first-order valence-electron chi connectivity index (χ1n) is 10.2. The fourth-order valence-corrected chi connectivity index (χ4v) is 3.22. The van der Waals surface area contributed by atoms with Gasteiger partial charge in [-0.05, 0) is 36.4 Å². The summed E-state index contributed by atoms with van der Waals surface area (Å²) in [6.07, 6.45) is 2.69. The van der Waals surface area contributed by atoms with Gasteiger partial charge in [0.25, 0.3) is 5.91 Å². The van der Waals surface area contributed by atoms with Crippen molar-refractivity contribution in [2.75, 3.05) is 26.1 Å². The van der Waals surface area contributed by atoms with Gasteiger partial charge in [0.2, 0.25) is 0 Å². The van der Waals surface area contributed by atoms with E-state index in [0.29, 0.717) is 27.6 Å². The Balaban J connectivity index is 1.63. The molecule has 3 aromatic rings. The second-order valence-electron chi connectivity index (χ2n) is 6.98. The molecule has 0 radical (unpaired) electrons. The highest BCUT2D eigenvalue weighted by Crippen LogP contribution is 2.26. The van der Waals surface area contributed by atoms with Crippen molar-refractivity contribution in [3.63, 3.8) is 0 Å². The number of rotatable bonds is 9. The Morgan fingerprint density at radius 1 is 0.941 bits per heavy atom. The van der Waals surface area contributed by atoms with E-state index in [2.05, 4.69) is 5.32 Å². The lowest BCUT2D eigenvalue weighted by molar-refractivity contribution is -0.142. The molecule has 34 heavy (non-hydrogen) atoms. The molecule has 0 unspecified atom stereocenters. The van der Waals surface area contributed by atoms with E-state index in [-0.39, 0.29) is 17.0 Å². The average Bonchev–Trinajstić information content (AvgIpc) is 2.87. The third-order valence-corrected chi connectivity index (χ3v) is 4.96. The average molecular weight is 480 g/mol. The fourth-order valence-electron chi connectivity index (χ4n) is 3.04. The van der Waals surface area contributed by atoms with Crippen molar-refractivity contribution in [2.45, 2.75) is 0 Å². The highest BCUT2D eigenvalue weighted by Gasteiger charge is 2.16. The maximum atomic E-state index is 12.9. The van der Waals surface area contributed by atoms with Gasteiger partial charge < -0.3 is 19.5 Å². The maximum Gasteiger partial charge on any atom is 0.331 e. The zero-order valence-electron chi connectivity index (χ0n) is 18.5. The molecular formula is C26H22ClNO6.